The lowest BCUT2D eigenvalue weighted by molar-refractivity contribution is 0.643. The Morgan fingerprint density at radius 1 is 0.880 bits per heavy atom. The van der Waals surface area contributed by atoms with Crippen LogP contribution < -0.4 is 5.32 Å². The van der Waals surface area contributed by atoms with E-state index in [1.807, 2.05) is 48.5 Å². The van der Waals surface area contributed by atoms with Crippen LogP contribution in [0.1, 0.15) is 0 Å². The van der Waals surface area contributed by atoms with Gasteiger partial charge in [0.2, 0.25) is 0 Å². The van der Waals surface area contributed by atoms with Gasteiger partial charge in [0, 0.05) is 30.6 Å². The molecule has 0 bridgehead atoms. The Balaban J connectivity index is 1.96. The van der Waals surface area contributed by atoms with Gasteiger partial charge in [0.25, 0.3) is 0 Å². The second-order valence-corrected chi connectivity index (χ2v) is 5.57. The Labute approximate surface area is 144 Å². The SMILES string of the molecule is CNc1nc(-c2cccnc2)nc2ccc(-c3ccccc3)c(F)c12. The first-order chi connectivity index (χ1) is 12.3. The number of nitrogens with one attached hydrogen (secondary N) is 1. The summed E-state index contributed by atoms with van der Waals surface area (Å²) in [6.45, 7) is 0. The van der Waals surface area contributed by atoms with E-state index in [-0.39, 0.29) is 5.82 Å². The van der Waals surface area contributed by atoms with Gasteiger partial charge in [-0.25, -0.2) is 14.4 Å². The first-order valence-electron chi connectivity index (χ1n) is 7.92. The van der Waals surface area contributed by atoms with Crippen molar-refractivity contribution in [1.82, 2.24) is 15.0 Å². The van der Waals surface area contributed by atoms with E-state index < -0.39 is 0 Å². The van der Waals surface area contributed by atoms with Gasteiger partial charge in [-0.05, 0) is 29.8 Å². The number of fused-ring (bicyclic) bond motifs is 1. The molecule has 4 rings (SSSR count). The van der Waals surface area contributed by atoms with E-state index in [9.17, 15) is 0 Å². The summed E-state index contributed by atoms with van der Waals surface area (Å²) in [5.74, 6) is 0.640. The van der Waals surface area contributed by atoms with Gasteiger partial charge in [-0.3, -0.25) is 4.98 Å². The van der Waals surface area contributed by atoms with Crippen molar-refractivity contribution in [2.75, 3.05) is 12.4 Å². The molecule has 5 heteroatoms. The van der Waals surface area contributed by atoms with Crippen molar-refractivity contribution in [1.29, 1.82) is 0 Å². The average Bonchev–Trinajstić information content (AvgIpc) is 2.68. The lowest BCUT2D eigenvalue weighted by Crippen LogP contribution is -2.01. The van der Waals surface area contributed by atoms with Gasteiger partial charge in [0.1, 0.15) is 11.6 Å². The zero-order valence-electron chi connectivity index (χ0n) is 13.6. The number of nitrogens with zero attached hydrogens (tertiary/aromatic N) is 3. The summed E-state index contributed by atoms with van der Waals surface area (Å²) in [4.78, 5) is 13.1. The zero-order chi connectivity index (χ0) is 17.2. The van der Waals surface area contributed by atoms with E-state index >= 15 is 4.39 Å². The summed E-state index contributed by atoms with van der Waals surface area (Å²) >= 11 is 0. The highest BCUT2D eigenvalue weighted by Gasteiger charge is 2.16. The standard InChI is InChI=1S/C20H15FN4/c1-22-20-17-16(24-19(25-20)14-8-5-11-23-12-14)10-9-15(18(17)21)13-6-3-2-4-7-13/h2-12H,1H3,(H,22,24,25). The summed E-state index contributed by atoms with van der Waals surface area (Å²) in [5.41, 5.74) is 2.69. The van der Waals surface area contributed by atoms with Crippen molar-refractivity contribution in [3.05, 3.63) is 72.8 Å². The summed E-state index contributed by atoms with van der Waals surface area (Å²) in [7, 11) is 1.73. The third-order valence-corrected chi connectivity index (χ3v) is 4.04. The second kappa shape index (κ2) is 6.28. The number of rotatable bonds is 3. The maximum absolute atomic E-state index is 15.2. The van der Waals surface area contributed by atoms with Gasteiger partial charge in [-0.15, -0.1) is 0 Å². The zero-order valence-corrected chi connectivity index (χ0v) is 13.6. The van der Waals surface area contributed by atoms with Crippen LogP contribution >= 0.6 is 0 Å². The third-order valence-electron chi connectivity index (χ3n) is 4.04. The molecule has 0 atom stereocenters. The predicted molar refractivity (Wildman–Crippen MR) is 97.7 cm³/mol. The van der Waals surface area contributed by atoms with Crippen LogP contribution in [0, 0.1) is 5.82 Å². The number of anilines is 1. The van der Waals surface area contributed by atoms with Crippen LogP contribution in [-0.2, 0) is 0 Å². The minimum atomic E-state index is -0.328. The van der Waals surface area contributed by atoms with Crippen LogP contribution in [0.2, 0.25) is 0 Å². The Hall–Kier alpha value is -3.34. The van der Waals surface area contributed by atoms with Gasteiger partial charge < -0.3 is 5.32 Å². The highest BCUT2D eigenvalue weighted by atomic mass is 19.1. The number of halogens is 1. The van der Waals surface area contributed by atoms with Crippen molar-refractivity contribution in [2.24, 2.45) is 0 Å². The molecule has 0 aliphatic carbocycles. The van der Waals surface area contributed by atoms with Gasteiger partial charge in [-0.1, -0.05) is 30.3 Å². The van der Waals surface area contributed by atoms with Crippen LogP contribution in [0.5, 0.6) is 0 Å². The van der Waals surface area contributed by atoms with Crippen LogP contribution in [0.25, 0.3) is 33.4 Å². The number of aromatic nitrogens is 3. The Morgan fingerprint density at radius 2 is 1.68 bits per heavy atom. The highest BCUT2D eigenvalue weighted by molar-refractivity contribution is 5.94. The fourth-order valence-corrected chi connectivity index (χ4v) is 2.83. The molecule has 0 unspecified atom stereocenters. The minimum absolute atomic E-state index is 0.328. The monoisotopic (exact) mass is 330 g/mol. The predicted octanol–water partition coefficient (Wildman–Crippen LogP) is 4.54. The molecular weight excluding hydrogens is 315 g/mol. The average molecular weight is 330 g/mol. The van der Waals surface area contributed by atoms with Gasteiger partial charge in [0.05, 0.1) is 10.9 Å². The molecule has 2 heterocycles. The smallest absolute Gasteiger partial charge is 0.163 e. The summed E-state index contributed by atoms with van der Waals surface area (Å²) in [5, 5.41) is 3.37. The summed E-state index contributed by atoms with van der Waals surface area (Å²) in [6.07, 6.45) is 3.38. The van der Waals surface area contributed by atoms with E-state index in [0.29, 0.717) is 28.1 Å². The largest absolute Gasteiger partial charge is 0.372 e. The van der Waals surface area contributed by atoms with Crippen LogP contribution in [0.4, 0.5) is 10.2 Å². The van der Waals surface area contributed by atoms with E-state index in [2.05, 4.69) is 20.3 Å². The van der Waals surface area contributed by atoms with E-state index in [1.54, 1.807) is 25.5 Å². The molecule has 1 N–H and O–H groups in total. The summed E-state index contributed by atoms with van der Waals surface area (Å²) < 4.78 is 15.2. The summed E-state index contributed by atoms with van der Waals surface area (Å²) in [6, 6.07) is 16.7. The first-order valence-corrected chi connectivity index (χ1v) is 7.92. The number of hydrogen-bond acceptors (Lipinski definition) is 4. The highest BCUT2D eigenvalue weighted by Crippen LogP contribution is 2.32. The van der Waals surface area contributed by atoms with E-state index in [1.165, 1.54) is 0 Å². The quantitative estimate of drug-likeness (QED) is 0.599. The molecule has 0 saturated carbocycles. The molecule has 25 heavy (non-hydrogen) atoms. The molecule has 4 nitrogen and oxygen atoms in total. The van der Waals surface area contributed by atoms with Crippen LogP contribution in [0.15, 0.2) is 67.0 Å². The topological polar surface area (TPSA) is 50.7 Å². The molecule has 0 aliphatic heterocycles. The molecule has 0 spiro atoms. The van der Waals surface area contributed by atoms with Crippen molar-refractivity contribution in [3.63, 3.8) is 0 Å². The number of pyridine rings is 1. The molecule has 0 radical (unpaired) electrons. The Kier molecular flexibility index (Phi) is 3.82. The van der Waals surface area contributed by atoms with Crippen molar-refractivity contribution in [2.45, 2.75) is 0 Å². The van der Waals surface area contributed by atoms with Gasteiger partial charge in [0.15, 0.2) is 5.82 Å². The molecule has 122 valence electrons. The van der Waals surface area contributed by atoms with E-state index in [0.717, 1.165) is 11.1 Å². The molecule has 4 aromatic rings. The molecule has 0 amide bonds. The third kappa shape index (κ3) is 2.70. The van der Waals surface area contributed by atoms with Crippen molar-refractivity contribution in [3.8, 4) is 22.5 Å². The molecular formula is C20H15FN4. The maximum atomic E-state index is 15.2. The molecule has 2 aromatic heterocycles. The van der Waals surface area contributed by atoms with Crippen LogP contribution in [-0.4, -0.2) is 22.0 Å². The van der Waals surface area contributed by atoms with Gasteiger partial charge in [-0.2, -0.15) is 0 Å². The Morgan fingerprint density at radius 3 is 2.40 bits per heavy atom. The molecule has 0 fully saturated rings. The maximum Gasteiger partial charge on any atom is 0.163 e. The van der Waals surface area contributed by atoms with Gasteiger partial charge >= 0.3 is 0 Å². The number of benzene rings is 2. The Bertz CT molecular complexity index is 1030. The first kappa shape index (κ1) is 15.2. The lowest BCUT2D eigenvalue weighted by atomic mass is 10.0. The van der Waals surface area contributed by atoms with Crippen LogP contribution in [0.3, 0.4) is 0 Å². The fraction of sp³-hybridized carbons (Fsp3) is 0.0500. The molecule has 0 aliphatic rings. The fourth-order valence-electron chi connectivity index (χ4n) is 2.83. The minimum Gasteiger partial charge on any atom is -0.372 e. The second-order valence-electron chi connectivity index (χ2n) is 5.57. The number of hydrogen-bond donors (Lipinski definition) is 1. The van der Waals surface area contributed by atoms with Crippen molar-refractivity contribution >= 4 is 16.7 Å². The normalized spacial score (nSPS) is 10.8. The lowest BCUT2D eigenvalue weighted by Gasteiger charge is -2.11. The molecule has 2 aromatic carbocycles. The molecule has 0 saturated heterocycles. The van der Waals surface area contributed by atoms with E-state index in [4.69, 9.17) is 0 Å². The van der Waals surface area contributed by atoms with Crippen molar-refractivity contribution < 1.29 is 4.39 Å².